The predicted octanol–water partition coefficient (Wildman–Crippen LogP) is 1.94. The molecule has 3 aromatic carbocycles. The van der Waals surface area contributed by atoms with Gasteiger partial charge in [-0.05, 0) is 48.5 Å². The van der Waals surface area contributed by atoms with Crippen LogP contribution in [0.2, 0.25) is 0 Å². The largest absolute Gasteiger partial charge is 0.434 e. The van der Waals surface area contributed by atoms with Gasteiger partial charge in [0, 0.05) is 22.3 Å². The summed E-state index contributed by atoms with van der Waals surface area (Å²) in [6.45, 7) is 0. The molecule has 0 aliphatic heterocycles. The molecule has 12 nitrogen and oxygen atoms in total. The number of carbonyl (C=O) groups is 2. The molecule has 0 saturated carbocycles. The number of aromatic amines is 2. The second kappa shape index (κ2) is 12.1. The number of primary amides is 2. The molecule has 5 aromatic rings. The zero-order valence-electron chi connectivity index (χ0n) is 18.6. The Hall–Kier alpha value is -5.52. The molecule has 0 radical (unpaired) electrons. The van der Waals surface area contributed by atoms with E-state index in [-0.39, 0.29) is 0 Å². The molecule has 5 rings (SSSR count). The molecule has 0 aliphatic carbocycles. The van der Waals surface area contributed by atoms with Gasteiger partial charge in [-0.25, -0.2) is 19.8 Å². The third kappa shape index (κ3) is 7.25. The van der Waals surface area contributed by atoms with Crippen molar-refractivity contribution in [3.8, 4) is 22.9 Å². The third-order valence-corrected chi connectivity index (χ3v) is 4.37. The van der Waals surface area contributed by atoms with E-state index in [4.69, 9.17) is 20.3 Å². The van der Waals surface area contributed by atoms with Gasteiger partial charge in [-0.15, -0.1) is 10.2 Å². The Morgan fingerprint density at radius 2 is 0.917 bits per heavy atom. The topological polar surface area (TPSA) is 204 Å². The monoisotopic (exact) mass is 488 g/mol. The van der Waals surface area contributed by atoms with Gasteiger partial charge in [0.2, 0.25) is 23.6 Å². The van der Waals surface area contributed by atoms with Gasteiger partial charge >= 0.3 is 11.5 Å². The molecule has 0 saturated heterocycles. The second-order valence-corrected chi connectivity index (χ2v) is 6.87. The average molecular weight is 488 g/mol. The maximum atomic E-state index is 10.6. The standard InChI is InChI=1S/2C8H6N2O2.C8H8N2O2/c2*11-8-10-9-7(12-8)6-4-2-1-3-5-6;9-7(11)5-1-2-6(4-3-5)8(10)12/h2*1-5H,(H,10,11);1-4H,(H2,9,11)(H2,10,12). The average Bonchev–Trinajstić information content (AvgIpc) is 3.54. The molecule has 182 valence electrons. The van der Waals surface area contributed by atoms with Gasteiger partial charge in [-0.3, -0.25) is 9.59 Å². The van der Waals surface area contributed by atoms with Crippen LogP contribution >= 0.6 is 0 Å². The maximum Gasteiger partial charge on any atom is 0.434 e. The summed E-state index contributed by atoms with van der Waals surface area (Å²) >= 11 is 0. The maximum absolute atomic E-state index is 10.6. The number of amides is 2. The summed E-state index contributed by atoms with van der Waals surface area (Å²) in [4.78, 5) is 42.3. The minimum atomic E-state index is -0.533. The molecule has 2 aromatic heterocycles. The highest BCUT2D eigenvalue weighted by Gasteiger charge is 2.03. The van der Waals surface area contributed by atoms with Crippen LogP contribution in [0.25, 0.3) is 22.9 Å². The molecule has 6 N–H and O–H groups in total. The van der Waals surface area contributed by atoms with Crippen LogP contribution in [0.3, 0.4) is 0 Å². The van der Waals surface area contributed by atoms with Gasteiger partial charge in [-0.1, -0.05) is 36.4 Å². The van der Waals surface area contributed by atoms with Crippen molar-refractivity contribution in [3.63, 3.8) is 0 Å². The van der Waals surface area contributed by atoms with Crippen molar-refractivity contribution in [2.75, 3.05) is 0 Å². The molecule has 0 atom stereocenters. The van der Waals surface area contributed by atoms with Crippen LogP contribution in [0.4, 0.5) is 0 Å². The lowest BCUT2D eigenvalue weighted by Gasteiger charge is -1.96. The SMILES string of the molecule is NC(=O)c1ccc(C(N)=O)cc1.O=c1[nH]nc(-c2ccccc2)o1.O=c1[nH]nc(-c2ccccc2)o1. The normalized spacial score (nSPS) is 9.78. The number of H-pyrrole nitrogens is 2. The van der Waals surface area contributed by atoms with Crippen molar-refractivity contribution >= 4 is 11.8 Å². The van der Waals surface area contributed by atoms with E-state index >= 15 is 0 Å². The van der Waals surface area contributed by atoms with E-state index in [0.29, 0.717) is 22.9 Å². The number of carbonyl (C=O) groups excluding carboxylic acids is 2. The van der Waals surface area contributed by atoms with Crippen LogP contribution in [0, 0.1) is 0 Å². The summed E-state index contributed by atoms with van der Waals surface area (Å²) in [5.74, 6) is -1.47. The Labute approximate surface area is 202 Å². The molecule has 0 fully saturated rings. The second-order valence-electron chi connectivity index (χ2n) is 6.87. The number of hydrogen-bond donors (Lipinski definition) is 4. The number of nitrogens with one attached hydrogen (secondary N) is 2. The smallest absolute Gasteiger partial charge is 0.388 e. The van der Waals surface area contributed by atoms with Crippen LogP contribution in [-0.4, -0.2) is 32.2 Å². The number of aromatic nitrogens is 4. The van der Waals surface area contributed by atoms with E-state index in [9.17, 15) is 19.2 Å². The van der Waals surface area contributed by atoms with Crippen molar-refractivity contribution in [3.05, 3.63) is 117 Å². The Kier molecular flexibility index (Phi) is 8.43. The van der Waals surface area contributed by atoms with E-state index in [1.807, 2.05) is 60.7 Å². The van der Waals surface area contributed by atoms with E-state index in [1.165, 1.54) is 24.3 Å². The molecule has 2 heterocycles. The van der Waals surface area contributed by atoms with Crippen LogP contribution in [0.15, 0.2) is 103 Å². The van der Waals surface area contributed by atoms with E-state index in [2.05, 4.69) is 20.4 Å². The van der Waals surface area contributed by atoms with E-state index < -0.39 is 23.3 Å². The Bertz CT molecular complexity index is 1400. The molecule has 2 amide bonds. The molecule has 12 heteroatoms. The van der Waals surface area contributed by atoms with Gasteiger partial charge in [0.25, 0.3) is 0 Å². The fourth-order valence-electron chi connectivity index (χ4n) is 2.67. The summed E-state index contributed by atoms with van der Waals surface area (Å²) < 4.78 is 9.49. The summed E-state index contributed by atoms with van der Waals surface area (Å²) in [5.41, 5.74) is 12.3. The molecular weight excluding hydrogens is 468 g/mol. The lowest BCUT2D eigenvalue weighted by atomic mass is 10.1. The van der Waals surface area contributed by atoms with Crippen molar-refractivity contribution in [1.29, 1.82) is 0 Å². The van der Waals surface area contributed by atoms with Gasteiger partial charge in [0.1, 0.15) is 0 Å². The minimum Gasteiger partial charge on any atom is -0.388 e. The lowest BCUT2D eigenvalue weighted by molar-refractivity contribution is 0.0988. The molecule has 36 heavy (non-hydrogen) atoms. The van der Waals surface area contributed by atoms with Crippen molar-refractivity contribution in [2.45, 2.75) is 0 Å². The van der Waals surface area contributed by atoms with Crippen molar-refractivity contribution in [2.24, 2.45) is 11.5 Å². The molecule has 0 spiro atoms. The number of rotatable bonds is 4. The molecular formula is C24H20N6O6. The van der Waals surface area contributed by atoms with Gasteiger partial charge in [0.05, 0.1) is 0 Å². The first-order chi connectivity index (χ1) is 17.3. The first-order valence-electron chi connectivity index (χ1n) is 10.2. The first kappa shape index (κ1) is 25.1. The predicted molar refractivity (Wildman–Crippen MR) is 129 cm³/mol. The number of hydrogen-bond acceptors (Lipinski definition) is 8. The van der Waals surface area contributed by atoms with Gasteiger partial charge in [-0.2, -0.15) is 0 Å². The number of nitrogens with zero attached hydrogens (tertiary/aromatic N) is 2. The van der Waals surface area contributed by atoms with Gasteiger partial charge < -0.3 is 20.3 Å². The highest BCUT2D eigenvalue weighted by Crippen LogP contribution is 2.13. The van der Waals surface area contributed by atoms with Crippen molar-refractivity contribution < 1.29 is 18.4 Å². The summed E-state index contributed by atoms with van der Waals surface area (Å²) in [7, 11) is 0. The van der Waals surface area contributed by atoms with Gasteiger partial charge in [0.15, 0.2) is 0 Å². The number of nitrogens with two attached hydrogens (primary N) is 2. The molecule has 0 unspecified atom stereocenters. The third-order valence-electron chi connectivity index (χ3n) is 4.37. The molecule has 0 bridgehead atoms. The number of benzene rings is 3. The van der Waals surface area contributed by atoms with Crippen LogP contribution in [0.1, 0.15) is 20.7 Å². The van der Waals surface area contributed by atoms with Crippen LogP contribution < -0.4 is 23.0 Å². The highest BCUT2D eigenvalue weighted by atomic mass is 16.4. The van der Waals surface area contributed by atoms with Crippen LogP contribution in [0.5, 0.6) is 0 Å². The zero-order chi connectivity index (χ0) is 25.9. The lowest BCUT2D eigenvalue weighted by Crippen LogP contribution is -2.13. The Morgan fingerprint density at radius 1 is 0.583 bits per heavy atom. The van der Waals surface area contributed by atoms with E-state index in [0.717, 1.165) is 11.1 Å². The fraction of sp³-hybridized carbons (Fsp3) is 0. The van der Waals surface area contributed by atoms with E-state index in [1.54, 1.807) is 0 Å². The fourth-order valence-corrected chi connectivity index (χ4v) is 2.67. The van der Waals surface area contributed by atoms with Crippen molar-refractivity contribution in [1.82, 2.24) is 20.4 Å². The summed E-state index contributed by atoms with van der Waals surface area (Å²) in [5, 5.41) is 11.8. The Morgan fingerprint density at radius 3 is 1.17 bits per heavy atom. The molecule has 0 aliphatic rings. The Balaban J connectivity index is 0.000000150. The highest BCUT2D eigenvalue weighted by molar-refractivity contribution is 5.96. The zero-order valence-corrected chi connectivity index (χ0v) is 18.6. The summed E-state index contributed by atoms with van der Waals surface area (Å²) in [6.07, 6.45) is 0. The quantitative estimate of drug-likeness (QED) is 0.293. The summed E-state index contributed by atoms with van der Waals surface area (Å²) in [6, 6.07) is 24.3. The van der Waals surface area contributed by atoms with Crippen LogP contribution in [-0.2, 0) is 0 Å². The first-order valence-corrected chi connectivity index (χ1v) is 10.2. The minimum absolute atomic E-state index is 0.320.